The van der Waals surface area contributed by atoms with E-state index in [1.54, 1.807) is 18.2 Å². The fraction of sp³-hybridized carbons (Fsp3) is 0.562. The molecule has 0 radical (unpaired) electrons. The minimum absolute atomic E-state index is 0.588. The van der Waals surface area contributed by atoms with Crippen LogP contribution in [0.5, 0.6) is 0 Å². The van der Waals surface area contributed by atoms with Crippen LogP contribution in [0, 0.1) is 0 Å². The Hall–Kier alpha value is -0.510. The van der Waals surface area contributed by atoms with Gasteiger partial charge in [0.25, 0.3) is 0 Å². The van der Waals surface area contributed by atoms with Gasteiger partial charge in [-0.1, -0.05) is 68.7 Å². The SMILES string of the molecule is CCCCCCCCCNC(=S)Nc1cc(Cl)ccc1Cl. The highest BCUT2D eigenvalue weighted by Crippen LogP contribution is 2.25. The lowest BCUT2D eigenvalue weighted by Crippen LogP contribution is -2.29. The first-order valence-corrected chi connectivity index (χ1v) is 8.79. The van der Waals surface area contributed by atoms with Gasteiger partial charge in [-0.2, -0.15) is 0 Å². The van der Waals surface area contributed by atoms with Gasteiger partial charge >= 0.3 is 0 Å². The third-order valence-electron chi connectivity index (χ3n) is 3.24. The first-order valence-electron chi connectivity index (χ1n) is 7.63. The zero-order valence-electron chi connectivity index (χ0n) is 12.6. The van der Waals surface area contributed by atoms with Gasteiger partial charge in [-0.15, -0.1) is 0 Å². The predicted octanol–water partition coefficient (Wildman–Crippen LogP) is 6.03. The van der Waals surface area contributed by atoms with Gasteiger partial charge in [-0.05, 0) is 36.8 Å². The van der Waals surface area contributed by atoms with E-state index in [1.165, 1.54) is 38.5 Å². The van der Waals surface area contributed by atoms with Crippen LogP contribution in [-0.2, 0) is 0 Å². The molecule has 0 saturated heterocycles. The number of hydrogen-bond donors (Lipinski definition) is 2. The number of halogens is 2. The fourth-order valence-corrected chi connectivity index (χ4v) is 2.59. The molecule has 2 N–H and O–H groups in total. The number of thiocarbonyl (C=S) groups is 1. The first-order chi connectivity index (χ1) is 10.1. The van der Waals surface area contributed by atoms with Crippen LogP contribution in [-0.4, -0.2) is 11.7 Å². The Labute approximate surface area is 143 Å². The average molecular weight is 347 g/mol. The third-order valence-corrected chi connectivity index (χ3v) is 4.05. The number of rotatable bonds is 9. The van der Waals surface area contributed by atoms with Crippen LogP contribution in [0.2, 0.25) is 10.0 Å². The molecule has 0 aliphatic carbocycles. The minimum Gasteiger partial charge on any atom is -0.362 e. The van der Waals surface area contributed by atoms with Gasteiger partial charge in [0.05, 0.1) is 10.7 Å². The van der Waals surface area contributed by atoms with Crippen molar-refractivity contribution < 1.29 is 0 Å². The topological polar surface area (TPSA) is 24.1 Å². The lowest BCUT2D eigenvalue weighted by Gasteiger charge is -2.12. The third kappa shape index (κ3) is 8.50. The Morgan fingerprint density at radius 1 is 1.05 bits per heavy atom. The number of anilines is 1. The molecule has 0 unspecified atom stereocenters. The lowest BCUT2D eigenvalue weighted by atomic mass is 10.1. The van der Waals surface area contributed by atoms with Gasteiger partial charge in [0.15, 0.2) is 5.11 Å². The van der Waals surface area contributed by atoms with Crippen molar-refractivity contribution in [1.82, 2.24) is 5.32 Å². The highest BCUT2D eigenvalue weighted by Gasteiger charge is 2.03. The Balaban J connectivity index is 2.13. The summed E-state index contributed by atoms with van der Waals surface area (Å²) in [6, 6.07) is 5.28. The van der Waals surface area contributed by atoms with Gasteiger partial charge < -0.3 is 10.6 Å². The van der Waals surface area contributed by atoms with Crippen LogP contribution in [0.25, 0.3) is 0 Å². The Kier molecular flexibility index (Phi) is 9.81. The maximum atomic E-state index is 6.08. The summed E-state index contributed by atoms with van der Waals surface area (Å²) < 4.78 is 0. The molecule has 0 aromatic heterocycles. The van der Waals surface area contributed by atoms with Crippen molar-refractivity contribution in [3.8, 4) is 0 Å². The molecule has 0 aliphatic heterocycles. The van der Waals surface area contributed by atoms with Crippen LogP contribution < -0.4 is 10.6 Å². The molecule has 0 spiro atoms. The van der Waals surface area contributed by atoms with E-state index < -0.39 is 0 Å². The van der Waals surface area contributed by atoms with Gasteiger partial charge in [0, 0.05) is 11.6 Å². The normalized spacial score (nSPS) is 10.4. The van der Waals surface area contributed by atoms with Crippen molar-refractivity contribution in [2.24, 2.45) is 0 Å². The molecule has 0 aliphatic rings. The fourth-order valence-electron chi connectivity index (χ4n) is 2.04. The maximum absolute atomic E-state index is 6.08. The van der Waals surface area contributed by atoms with E-state index in [4.69, 9.17) is 35.4 Å². The molecular weight excluding hydrogens is 323 g/mol. The van der Waals surface area contributed by atoms with Crippen molar-refractivity contribution in [2.75, 3.05) is 11.9 Å². The molecule has 0 atom stereocenters. The van der Waals surface area contributed by atoms with Gasteiger partial charge in [0.1, 0.15) is 0 Å². The molecule has 0 bridgehead atoms. The van der Waals surface area contributed by atoms with Crippen LogP contribution in [0.3, 0.4) is 0 Å². The monoisotopic (exact) mass is 346 g/mol. The molecule has 1 aromatic rings. The van der Waals surface area contributed by atoms with E-state index >= 15 is 0 Å². The van der Waals surface area contributed by atoms with Crippen LogP contribution >= 0.6 is 35.4 Å². The van der Waals surface area contributed by atoms with E-state index in [1.807, 2.05) is 0 Å². The molecular formula is C16H24Cl2N2S. The Bertz CT molecular complexity index is 438. The number of benzene rings is 1. The summed E-state index contributed by atoms with van der Waals surface area (Å²) >= 11 is 17.3. The van der Waals surface area contributed by atoms with E-state index in [2.05, 4.69) is 17.6 Å². The molecule has 5 heteroatoms. The molecule has 0 heterocycles. The minimum atomic E-state index is 0.588. The van der Waals surface area contributed by atoms with Gasteiger partial charge in [-0.25, -0.2) is 0 Å². The summed E-state index contributed by atoms with van der Waals surface area (Å²) in [6.45, 7) is 3.13. The zero-order valence-corrected chi connectivity index (χ0v) is 14.9. The maximum Gasteiger partial charge on any atom is 0.170 e. The first kappa shape index (κ1) is 18.5. The highest BCUT2D eigenvalue weighted by molar-refractivity contribution is 7.80. The smallest absolute Gasteiger partial charge is 0.170 e. The number of hydrogen-bond acceptors (Lipinski definition) is 1. The molecule has 21 heavy (non-hydrogen) atoms. The summed E-state index contributed by atoms with van der Waals surface area (Å²) in [5.41, 5.74) is 0.737. The van der Waals surface area contributed by atoms with Crippen molar-refractivity contribution in [3.05, 3.63) is 28.2 Å². The van der Waals surface area contributed by atoms with E-state index in [0.29, 0.717) is 15.2 Å². The van der Waals surface area contributed by atoms with Crippen LogP contribution in [0.15, 0.2) is 18.2 Å². The predicted molar refractivity (Wildman–Crippen MR) is 98.7 cm³/mol. The average Bonchev–Trinajstić information content (AvgIpc) is 2.46. The second-order valence-electron chi connectivity index (χ2n) is 5.13. The summed E-state index contributed by atoms with van der Waals surface area (Å²) in [4.78, 5) is 0. The van der Waals surface area contributed by atoms with Crippen molar-refractivity contribution in [3.63, 3.8) is 0 Å². The van der Waals surface area contributed by atoms with E-state index in [9.17, 15) is 0 Å². The van der Waals surface area contributed by atoms with Crippen molar-refractivity contribution >= 4 is 46.2 Å². The Morgan fingerprint density at radius 2 is 1.71 bits per heavy atom. The van der Waals surface area contributed by atoms with Gasteiger partial charge in [-0.3, -0.25) is 0 Å². The molecule has 1 rings (SSSR count). The molecule has 0 amide bonds. The second kappa shape index (κ2) is 11.1. The highest BCUT2D eigenvalue weighted by atomic mass is 35.5. The summed E-state index contributed by atoms with van der Waals surface area (Å²) in [6.07, 6.45) is 9.04. The zero-order chi connectivity index (χ0) is 15.5. The van der Waals surface area contributed by atoms with Crippen LogP contribution in [0.1, 0.15) is 51.9 Å². The van der Waals surface area contributed by atoms with E-state index in [-0.39, 0.29) is 0 Å². The van der Waals surface area contributed by atoms with E-state index in [0.717, 1.165) is 18.7 Å². The standard InChI is InChI=1S/C16H24Cl2N2S/c1-2-3-4-5-6-7-8-11-19-16(21)20-15-12-13(17)9-10-14(15)18/h9-10,12H,2-8,11H2,1H3,(H2,19,20,21). The molecule has 1 aromatic carbocycles. The number of unbranched alkanes of at least 4 members (excludes halogenated alkanes) is 6. The van der Waals surface area contributed by atoms with Crippen LogP contribution in [0.4, 0.5) is 5.69 Å². The molecule has 0 fully saturated rings. The van der Waals surface area contributed by atoms with Crippen molar-refractivity contribution in [2.45, 2.75) is 51.9 Å². The molecule has 0 saturated carbocycles. The summed E-state index contributed by atoms with van der Waals surface area (Å²) in [5.74, 6) is 0. The quantitative estimate of drug-likeness (QED) is 0.421. The van der Waals surface area contributed by atoms with Crippen molar-refractivity contribution in [1.29, 1.82) is 0 Å². The second-order valence-corrected chi connectivity index (χ2v) is 6.38. The molecule has 2 nitrogen and oxygen atoms in total. The molecule has 118 valence electrons. The Morgan fingerprint density at radius 3 is 2.43 bits per heavy atom. The van der Waals surface area contributed by atoms with Gasteiger partial charge in [0.2, 0.25) is 0 Å². The number of nitrogens with one attached hydrogen (secondary N) is 2. The lowest BCUT2D eigenvalue weighted by molar-refractivity contribution is 0.586. The largest absolute Gasteiger partial charge is 0.362 e. The summed E-state index contributed by atoms with van der Waals surface area (Å²) in [7, 11) is 0. The summed E-state index contributed by atoms with van der Waals surface area (Å²) in [5, 5.41) is 8.11.